The molecule has 3 rings (SSSR count). The zero-order chi connectivity index (χ0) is 18.7. The predicted octanol–water partition coefficient (Wildman–Crippen LogP) is 2.55. The molecule has 4 unspecified atom stereocenters. The van der Waals surface area contributed by atoms with Gasteiger partial charge in [0.15, 0.2) is 0 Å². The van der Waals surface area contributed by atoms with Crippen molar-refractivity contribution in [2.45, 2.75) is 50.9 Å². The third-order valence-corrected chi connectivity index (χ3v) is 5.45. The molecule has 1 N–H and O–H groups in total. The van der Waals surface area contributed by atoms with E-state index in [0.717, 1.165) is 24.0 Å². The van der Waals surface area contributed by atoms with Gasteiger partial charge in [0.25, 0.3) is 0 Å². The van der Waals surface area contributed by atoms with E-state index < -0.39 is 5.97 Å². The number of benzene rings is 1. The number of amides is 1. The van der Waals surface area contributed by atoms with Crippen LogP contribution in [0.15, 0.2) is 24.3 Å². The number of hydrogen-bond donors (Lipinski definition) is 1. The zero-order valence-electron chi connectivity index (χ0n) is 15.4. The minimum absolute atomic E-state index is 0.0129. The molecule has 0 bridgehead atoms. The van der Waals surface area contributed by atoms with Crippen molar-refractivity contribution >= 4 is 11.9 Å². The maximum Gasteiger partial charge on any atom is 0.305 e. The molecule has 1 aromatic rings. The maximum absolute atomic E-state index is 13.3. The van der Waals surface area contributed by atoms with Crippen molar-refractivity contribution in [3.63, 3.8) is 0 Å². The molecule has 4 atom stereocenters. The predicted molar refractivity (Wildman–Crippen MR) is 95.8 cm³/mol. The quantitative estimate of drug-likeness (QED) is 0.872. The highest BCUT2D eigenvalue weighted by Crippen LogP contribution is 2.37. The highest BCUT2D eigenvalue weighted by atomic mass is 16.5. The van der Waals surface area contributed by atoms with Crippen molar-refractivity contribution in [1.82, 2.24) is 4.90 Å². The lowest BCUT2D eigenvalue weighted by Crippen LogP contribution is -2.44. The van der Waals surface area contributed by atoms with Crippen molar-refractivity contribution in [2.75, 3.05) is 20.3 Å². The number of aryl methyl sites for hydroxylation is 1. The van der Waals surface area contributed by atoms with Gasteiger partial charge < -0.3 is 19.5 Å². The lowest BCUT2D eigenvalue weighted by molar-refractivity contribution is -0.148. The highest BCUT2D eigenvalue weighted by Gasteiger charge is 2.42. The molecule has 6 nitrogen and oxygen atoms in total. The fourth-order valence-electron chi connectivity index (χ4n) is 4.04. The zero-order valence-corrected chi connectivity index (χ0v) is 15.4. The molecule has 26 heavy (non-hydrogen) atoms. The molecule has 0 saturated carbocycles. The van der Waals surface area contributed by atoms with Crippen molar-refractivity contribution in [3.8, 4) is 0 Å². The average Bonchev–Trinajstić information content (AvgIpc) is 3.04. The molecule has 142 valence electrons. The number of carbonyl (C=O) groups excluding carboxylic acids is 1. The van der Waals surface area contributed by atoms with Gasteiger partial charge in [-0.3, -0.25) is 9.59 Å². The van der Waals surface area contributed by atoms with Crippen LogP contribution in [0.1, 0.15) is 42.9 Å². The Morgan fingerprint density at radius 2 is 2.04 bits per heavy atom. The van der Waals surface area contributed by atoms with E-state index in [9.17, 15) is 14.7 Å². The molecule has 2 saturated heterocycles. The molecule has 2 aliphatic heterocycles. The average molecular weight is 361 g/mol. The van der Waals surface area contributed by atoms with E-state index in [1.807, 2.05) is 31.2 Å². The first kappa shape index (κ1) is 18.9. The van der Waals surface area contributed by atoms with Crippen LogP contribution >= 0.6 is 0 Å². The molecule has 2 aliphatic rings. The summed E-state index contributed by atoms with van der Waals surface area (Å²) < 4.78 is 11.4. The second kappa shape index (κ2) is 8.18. The van der Waals surface area contributed by atoms with E-state index in [2.05, 4.69) is 0 Å². The first-order chi connectivity index (χ1) is 12.5. The van der Waals surface area contributed by atoms with Crippen LogP contribution in [0.3, 0.4) is 0 Å². The van der Waals surface area contributed by atoms with Crippen molar-refractivity contribution in [3.05, 3.63) is 35.4 Å². The molecule has 0 spiro atoms. The smallest absolute Gasteiger partial charge is 0.305 e. The molecule has 1 aromatic carbocycles. The van der Waals surface area contributed by atoms with Gasteiger partial charge in [-0.05, 0) is 31.7 Å². The van der Waals surface area contributed by atoms with Crippen LogP contribution in [-0.4, -0.2) is 54.3 Å². The van der Waals surface area contributed by atoms with Crippen LogP contribution in [0.2, 0.25) is 0 Å². The second-order valence-corrected chi connectivity index (χ2v) is 7.29. The van der Waals surface area contributed by atoms with Crippen molar-refractivity contribution < 1.29 is 24.2 Å². The number of methoxy groups -OCH3 is 1. The van der Waals surface area contributed by atoms with Crippen molar-refractivity contribution in [1.29, 1.82) is 0 Å². The largest absolute Gasteiger partial charge is 0.481 e. The summed E-state index contributed by atoms with van der Waals surface area (Å²) in [4.78, 5) is 26.2. The number of rotatable bonds is 5. The lowest BCUT2D eigenvalue weighted by atomic mass is 9.87. The number of hydrogen-bond acceptors (Lipinski definition) is 4. The normalized spacial score (nSPS) is 28.9. The molecule has 2 heterocycles. The second-order valence-electron chi connectivity index (χ2n) is 7.29. The summed E-state index contributed by atoms with van der Waals surface area (Å²) in [7, 11) is 1.61. The van der Waals surface area contributed by atoms with Gasteiger partial charge in [0.05, 0.1) is 24.5 Å². The summed E-state index contributed by atoms with van der Waals surface area (Å²) in [5, 5.41) is 9.20. The van der Waals surface area contributed by atoms with Crippen LogP contribution in [-0.2, 0) is 19.1 Å². The van der Waals surface area contributed by atoms with Gasteiger partial charge in [-0.2, -0.15) is 0 Å². The maximum atomic E-state index is 13.3. The number of ether oxygens (including phenoxy) is 2. The van der Waals surface area contributed by atoms with E-state index >= 15 is 0 Å². The van der Waals surface area contributed by atoms with Crippen LogP contribution in [0.4, 0.5) is 0 Å². The Balaban J connectivity index is 1.80. The molecular weight excluding hydrogens is 334 g/mol. The monoisotopic (exact) mass is 361 g/mol. The molecule has 2 fully saturated rings. The van der Waals surface area contributed by atoms with E-state index in [4.69, 9.17) is 9.47 Å². The van der Waals surface area contributed by atoms with E-state index in [1.54, 1.807) is 12.0 Å². The number of likely N-dealkylation sites (tertiary alicyclic amines) is 1. The Bertz CT molecular complexity index is 644. The van der Waals surface area contributed by atoms with Crippen LogP contribution in [0, 0.1) is 12.8 Å². The standard InChI is InChI=1S/C20H27NO5/c1-13-5-7-14(8-6-13)19-17(4-3-9-26-19)20(24)21-12-16(25-2)10-15(21)11-18(22)23/h5-8,15-17,19H,3-4,9-12H2,1-2H3,(H,22,23). The van der Waals surface area contributed by atoms with E-state index in [0.29, 0.717) is 19.6 Å². The molecular formula is C20H27NO5. The summed E-state index contributed by atoms with van der Waals surface area (Å²) in [5.74, 6) is -1.18. The minimum atomic E-state index is -0.889. The van der Waals surface area contributed by atoms with Gasteiger partial charge in [-0.15, -0.1) is 0 Å². The minimum Gasteiger partial charge on any atom is -0.481 e. The Morgan fingerprint density at radius 1 is 1.31 bits per heavy atom. The summed E-state index contributed by atoms with van der Waals surface area (Å²) in [6, 6.07) is 7.77. The number of nitrogens with zero attached hydrogens (tertiary/aromatic N) is 1. The lowest BCUT2D eigenvalue weighted by Gasteiger charge is -2.35. The summed E-state index contributed by atoms with van der Waals surface area (Å²) >= 11 is 0. The molecule has 0 aromatic heterocycles. The van der Waals surface area contributed by atoms with Crippen LogP contribution in [0.5, 0.6) is 0 Å². The Labute approximate surface area is 154 Å². The van der Waals surface area contributed by atoms with Gasteiger partial charge in [-0.25, -0.2) is 0 Å². The third kappa shape index (κ3) is 4.07. The Morgan fingerprint density at radius 3 is 2.69 bits per heavy atom. The van der Waals surface area contributed by atoms with Crippen LogP contribution < -0.4 is 0 Å². The first-order valence-electron chi connectivity index (χ1n) is 9.23. The molecule has 1 amide bonds. The SMILES string of the molecule is COC1CC(CC(=O)O)N(C(=O)C2CCCOC2c2ccc(C)cc2)C1. The molecule has 0 aliphatic carbocycles. The Hall–Kier alpha value is -1.92. The summed E-state index contributed by atoms with van der Waals surface area (Å²) in [5.41, 5.74) is 2.17. The van der Waals surface area contributed by atoms with Crippen molar-refractivity contribution in [2.24, 2.45) is 5.92 Å². The van der Waals surface area contributed by atoms with Gasteiger partial charge >= 0.3 is 5.97 Å². The van der Waals surface area contributed by atoms with Gasteiger partial charge in [-0.1, -0.05) is 29.8 Å². The summed E-state index contributed by atoms with van der Waals surface area (Å²) in [6.45, 7) is 3.12. The van der Waals surface area contributed by atoms with Gasteiger partial charge in [0.2, 0.25) is 5.91 Å². The van der Waals surface area contributed by atoms with E-state index in [-0.39, 0.29) is 36.5 Å². The molecule has 0 radical (unpaired) electrons. The van der Waals surface area contributed by atoms with Gasteiger partial charge in [0.1, 0.15) is 0 Å². The van der Waals surface area contributed by atoms with Gasteiger partial charge in [0, 0.05) is 26.3 Å². The molecule has 6 heteroatoms. The first-order valence-corrected chi connectivity index (χ1v) is 9.23. The number of aliphatic carboxylic acids is 1. The van der Waals surface area contributed by atoms with Crippen LogP contribution in [0.25, 0.3) is 0 Å². The fourth-order valence-corrected chi connectivity index (χ4v) is 4.04. The number of carboxylic acid groups (broad SMARTS) is 1. The third-order valence-electron chi connectivity index (χ3n) is 5.45. The van der Waals surface area contributed by atoms with E-state index in [1.165, 1.54) is 0 Å². The topological polar surface area (TPSA) is 76.1 Å². The Kier molecular flexibility index (Phi) is 5.94. The number of carbonyl (C=O) groups is 2. The summed E-state index contributed by atoms with van der Waals surface area (Å²) in [6.07, 6.45) is 1.73. The fraction of sp³-hybridized carbons (Fsp3) is 0.600. The highest BCUT2D eigenvalue weighted by molar-refractivity contribution is 5.81. The number of carboxylic acids is 1.